The Balaban J connectivity index is 2.01. The molecule has 84 valence electrons. The number of aryl methyl sites for hydroxylation is 1. The Kier molecular flexibility index (Phi) is 2.39. The molecule has 0 saturated heterocycles. The number of hydrogen-bond acceptors (Lipinski definition) is 2. The number of hydrogen-bond donors (Lipinski definition) is 0. The normalized spacial score (nSPS) is 18.1. The van der Waals surface area contributed by atoms with Gasteiger partial charge >= 0.3 is 0 Å². The van der Waals surface area contributed by atoms with Crippen LogP contribution >= 0.6 is 0 Å². The van der Waals surface area contributed by atoms with Gasteiger partial charge in [0.15, 0.2) is 11.5 Å². The average Bonchev–Trinajstić information content (AvgIpc) is 2.76. The summed E-state index contributed by atoms with van der Waals surface area (Å²) >= 11 is 0. The van der Waals surface area contributed by atoms with Gasteiger partial charge in [-0.1, -0.05) is 25.3 Å². The van der Waals surface area contributed by atoms with Crippen molar-refractivity contribution in [2.75, 3.05) is 0 Å². The van der Waals surface area contributed by atoms with E-state index in [0.29, 0.717) is 5.92 Å². The van der Waals surface area contributed by atoms with Crippen molar-refractivity contribution in [1.29, 1.82) is 0 Å². The minimum absolute atomic E-state index is 0.591. The van der Waals surface area contributed by atoms with Crippen molar-refractivity contribution in [3.8, 4) is 0 Å². The molecular formula is C13H17N3. The number of rotatable bonds is 1. The molecule has 0 aliphatic heterocycles. The van der Waals surface area contributed by atoms with E-state index in [4.69, 9.17) is 0 Å². The Morgan fingerprint density at radius 2 is 2.00 bits per heavy atom. The molecule has 2 heterocycles. The molecule has 1 aliphatic rings. The zero-order valence-corrected chi connectivity index (χ0v) is 9.69. The lowest BCUT2D eigenvalue weighted by Gasteiger charge is -2.17. The molecule has 0 amide bonds. The summed E-state index contributed by atoms with van der Waals surface area (Å²) < 4.78 is 1.96. The van der Waals surface area contributed by atoms with E-state index in [0.717, 1.165) is 17.2 Å². The van der Waals surface area contributed by atoms with Crippen LogP contribution in [-0.2, 0) is 0 Å². The molecule has 1 saturated carbocycles. The molecule has 1 fully saturated rings. The maximum Gasteiger partial charge on any atom is 0.155 e. The molecule has 3 nitrogen and oxygen atoms in total. The average molecular weight is 215 g/mol. The Hall–Kier alpha value is -1.38. The van der Waals surface area contributed by atoms with Crippen molar-refractivity contribution in [2.45, 2.75) is 44.9 Å². The van der Waals surface area contributed by atoms with E-state index in [9.17, 15) is 0 Å². The van der Waals surface area contributed by atoms with Crippen LogP contribution in [0.4, 0.5) is 0 Å². The summed E-state index contributed by atoms with van der Waals surface area (Å²) in [6.07, 6.45) is 6.56. The predicted molar refractivity (Wildman–Crippen MR) is 63.6 cm³/mol. The lowest BCUT2D eigenvalue weighted by molar-refractivity contribution is 0.429. The van der Waals surface area contributed by atoms with Gasteiger partial charge < -0.3 is 0 Å². The zero-order valence-electron chi connectivity index (χ0n) is 9.69. The van der Waals surface area contributed by atoms with Gasteiger partial charge in [-0.15, -0.1) is 0 Å². The second-order valence-electron chi connectivity index (χ2n) is 4.74. The van der Waals surface area contributed by atoms with E-state index < -0.39 is 0 Å². The predicted octanol–water partition coefficient (Wildman–Crippen LogP) is 3.09. The van der Waals surface area contributed by atoms with Gasteiger partial charge in [-0.05, 0) is 31.9 Å². The van der Waals surface area contributed by atoms with Crippen LogP contribution in [0.2, 0.25) is 0 Å². The molecule has 1 aliphatic carbocycles. The molecular weight excluding hydrogens is 198 g/mol. The largest absolute Gasteiger partial charge is 0.218 e. The van der Waals surface area contributed by atoms with Crippen LogP contribution in [0.25, 0.3) is 5.65 Å². The molecule has 3 heteroatoms. The number of pyridine rings is 1. The molecule has 16 heavy (non-hydrogen) atoms. The fraction of sp³-hybridized carbons (Fsp3) is 0.538. The minimum atomic E-state index is 0.591. The SMILES string of the molecule is Cc1cccc2nc(C3CCCCC3)nn12. The van der Waals surface area contributed by atoms with Crippen LogP contribution in [0.3, 0.4) is 0 Å². The van der Waals surface area contributed by atoms with E-state index in [1.165, 1.54) is 32.1 Å². The van der Waals surface area contributed by atoms with Crippen LogP contribution < -0.4 is 0 Å². The van der Waals surface area contributed by atoms with Crippen LogP contribution in [0, 0.1) is 6.92 Å². The number of aromatic nitrogens is 3. The summed E-state index contributed by atoms with van der Waals surface area (Å²) in [5.74, 6) is 1.64. The van der Waals surface area contributed by atoms with Crippen molar-refractivity contribution in [3.63, 3.8) is 0 Å². The lowest BCUT2D eigenvalue weighted by atomic mass is 9.89. The van der Waals surface area contributed by atoms with Crippen molar-refractivity contribution in [3.05, 3.63) is 29.7 Å². The Labute approximate surface area is 95.5 Å². The molecule has 2 aromatic heterocycles. The summed E-state index contributed by atoms with van der Waals surface area (Å²) in [6.45, 7) is 2.08. The number of nitrogens with zero attached hydrogens (tertiary/aromatic N) is 3. The first kappa shape index (κ1) is 9.82. The fourth-order valence-corrected chi connectivity index (χ4v) is 2.59. The minimum Gasteiger partial charge on any atom is -0.218 e. The molecule has 0 atom stereocenters. The molecule has 0 bridgehead atoms. The third kappa shape index (κ3) is 1.60. The Bertz CT molecular complexity index is 495. The highest BCUT2D eigenvalue weighted by Gasteiger charge is 2.19. The highest BCUT2D eigenvalue weighted by atomic mass is 15.3. The van der Waals surface area contributed by atoms with E-state index in [2.05, 4.69) is 23.1 Å². The molecule has 0 aromatic carbocycles. The summed E-state index contributed by atoms with van der Waals surface area (Å²) in [5, 5.41) is 4.64. The van der Waals surface area contributed by atoms with Crippen LogP contribution in [0.1, 0.15) is 49.5 Å². The first-order chi connectivity index (χ1) is 7.84. The Morgan fingerprint density at radius 1 is 1.19 bits per heavy atom. The van der Waals surface area contributed by atoms with Gasteiger partial charge in [-0.3, -0.25) is 0 Å². The van der Waals surface area contributed by atoms with Crippen molar-refractivity contribution in [2.24, 2.45) is 0 Å². The monoisotopic (exact) mass is 215 g/mol. The zero-order chi connectivity index (χ0) is 11.0. The highest BCUT2D eigenvalue weighted by molar-refractivity contribution is 5.39. The molecule has 0 radical (unpaired) electrons. The number of fused-ring (bicyclic) bond motifs is 1. The first-order valence-corrected chi connectivity index (χ1v) is 6.17. The van der Waals surface area contributed by atoms with E-state index in [1.807, 2.05) is 16.6 Å². The Morgan fingerprint density at radius 3 is 2.75 bits per heavy atom. The van der Waals surface area contributed by atoms with Crippen molar-refractivity contribution in [1.82, 2.24) is 14.6 Å². The summed E-state index contributed by atoms with van der Waals surface area (Å²) in [7, 11) is 0. The summed E-state index contributed by atoms with van der Waals surface area (Å²) in [4.78, 5) is 4.65. The summed E-state index contributed by atoms with van der Waals surface area (Å²) in [5.41, 5.74) is 2.15. The van der Waals surface area contributed by atoms with Gasteiger partial charge in [0, 0.05) is 11.6 Å². The van der Waals surface area contributed by atoms with E-state index in [1.54, 1.807) is 0 Å². The third-order valence-electron chi connectivity index (χ3n) is 3.54. The molecule has 3 rings (SSSR count). The topological polar surface area (TPSA) is 30.2 Å². The maximum absolute atomic E-state index is 4.65. The third-order valence-corrected chi connectivity index (χ3v) is 3.54. The van der Waals surface area contributed by atoms with Gasteiger partial charge in [-0.25, -0.2) is 9.50 Å². The van der Waals surface area contributed by atoms with Crippen LogP contribution in [0.15, 0.2) is 18.2 Å². The standard InChI is InChI=1S/C13H17N3/c1-10-6-5-9-12-14-13(15-16(10)12)11-7-3-2-4-8-11/h5-6,9,11H,2-4,7-8H2,1H3. The smallest absolute Gasteiger partial charge is 0.155 e. The molecule has 0 N–H and O–H groups in total. The van der Waals surface area contributed by atoms with Gasteiger partial charge in [-0.2, -0.15) is 5.10 Å². The quantitative estimate of drug-likeness (QED) is 0.731. The van der Waals surface area contributed by atoms with Gasteiger partial charge in [0.05, 0.1) is 0 Å². The molecule has 2 aromatic rings. The van der Waals surface area contributed by atoms with Gasteiger partial charge in [0.1, 0.15) is 0 Å². The van der Waals surface area contributed by atoms with Crippen molar-refractivity contribution < 1.29 is 0 Å². The maximum atomic E-state index is 4.65. The molecule has 0 unspecified atom stereocenters. The summed E-state index contributed by atoms with van der Waals surface area (Å²) in [6, 6.07) is 6.16. The van der Waals surface area contributed by atoms with Crippen LogP contribution in [0.5, 0.6) is 0 Å². The first-order valence-electron chi connectivity index (χ1n) is 6.17. The molecule has 0 spiro atoms. The van der Waals surface area contributed by atoms with Crippen LogP contribution in [-0.4, -0.2) is 14.6 Å². The van der Waals surface area contributed by atoms with Gasteiger partial charge in [0.25, 0.3) is 0 Å². The van der Waals surface area contributed by atoms with Gasteiger partial charge in [0.2, 0.25) is 0 Å². The van der Waals surface area contributed by atoms with Crippen molar-refractivity contribution >= 4 is 5.65 Å². The van der Waals surface area contributed by atoms with E-state index >= 15 is 0 Å². The second-order valence-corrected chi connectivity index (χ2v) is 4.74. The second kappa shape index (κ2) is 3.89. The lowest BCUT2D eigenvalue weighted by Crippen LogP contribution is -2.06. The highest BCUT2D eigenvalue weighted by Crippen LogP contribution is 2.30. The fourth-order valence-electron chi connectivity index (χ4n) is 2.59. The van der Waals surface area contributed by atoms with E-state index in [-0.39, 0.29) is 0 Å².